The van der Waals surface area contributed by atoms with Crippen molar-refractivity contribution in [3.05, 3.63) is 58.6 Å². The number of methoxy groups -OCH3 is 1. The third kappa shape index (κ3) is 6.46. The summed E-state index contributed by atoms with van der Waals surface area (Å²) >= 11 is 1.76. The maximum atomic E-state index is 5.59. The number of aliphatic imine (C=N–C) groups is 1. The molecule has 2 heterocycles. The Bertz CT molecular complexity index is 915. The summed E-state index contributed by atoms with van der Waals surface area (Å²) in [6.45, 7) is 7.80. The van der Waals surface area contributed by atoms with Crippen molar-refractivity contribution in [3.63, 3.8) is 0 Å². The van der Waals surface area contributed by atoms with Gasteiger partial charge in [0, 0.05) is 16.3 Å². The highest BCUT2D eigenvalue weighted by Crippen LogP contribution is 2.29. The van der Waals surface area contributed by atoms with E-state index >= 15 is 0 Å². The van der Waals surface area contributed by atoms with Crippen molar-refractivity contribution in [1.29, 1.82) is 0 Å². The summed E-state index contributed by atoms with van der Waals surface area (Å²) in [6, 6.07) is 12.4. The molecule has 0 aliphatic rings. The molecular weight excluding hydrogens is 499 g/mol. The highest BCUT2D eigenvalue weighted by Gasteiger charge is 2.07. The SMILES string of the molecule is CCNC(=NCc1nc(C)c(C)o1)NCc1ccc(-c2ccc(OC)cc2)s1.I. The number of hydrogen-bond acceptors (Lipinski definition) is 5. The van der Waals surface area contributed by atoms with E-state index in [0.29, 0.717) is 19.0 Å². The molecule has 0 atom stereocenters. The van der Waals surface area contributed by atoms with Crippen molar-refractivity contribution in [2.75, 3.05) is 13.7 Å². The number of nitrogens with one attached hydrogen (secondary N) is 2. The standard InChI is InChI=1S/C21H26N4O2S.HI/c1-5-22-21(24-13-20-25-14(2)15(3)27-20)23-12-18-10-11-19(28-18)16-6-8-17(26-4)9-7-16;/h6-11H,5,12-13H2,1-4H3,(H2,22,23,24);1H. The number of halogens is 1. The monoisotopic (exact) mass is 526 g/mol. The van der Waals surface area contributed by atoms with Crippen LogP contribution in [0.5, 0.6) is 5.75 Å². The number of aryl methyl sites for hydroxylation is 2. The first-order chi connectivity index (χ1) is 13.6. The zero-order chi connectivity index (χ0) is 19.9. The van der Waals surface area contributed by atoms with Crippen LogP contribution in [0.3, 0.4) is 0 Å². The van der Waals surface area contributed by atoms with Crippen LogP contribution in [0.4, 0.5) is 0 Å². The molecule has 0 aliphatic carbocycles. The molecule has 0 radical (unpaired) electrons. The van der Waals surface area contributed by atoms with Gasteiger partial charge < -0.3 is 19.8 Å². The van der Waals surface area contributed by atoms with Gasteiger partial charge in [0.1, 0.15) is 18.1 Å². The zero-order valence-corrected chi connectivity index (χ0v) is 20.3. The highest BCUT2D eigenvalue weighted by molar-refractivity contribution is 14.0. The number of guanidine groups is 1. The van der Waals surface area contributed by atoms with Gasteiger partial charge >= 0.3 is 0 Å². The largest absolute Gasteiger partial charge is 0.497 e. The summed E-state index contributed by atoms with van der Waals surface area (Å²) in [4.78, 5) is 11.4. The van der Waals surface area contributed by atoms with Gasteiger partial charge in [-0.05, 0) is 62.7 Å². The molecule has 0 unspecified atom stereocenters. The van der Waals surface area contributed by atoms with E-state index in [-0.39, 0.29) is 24.0 Å². The summed E-state index contributed by atoms with van der Waals surface area (Å²) in [5.74, 6) is 3.08. The molecule has 1 aromatic carbocycles. The number of rotatable bonds is 7. The lowest BCUT2D eigenvalue weighted by Crippen LogP contribution is -2.36. The van der Waals surface area contributed by atoms with Crippen LogP contribution in [-0.2, 0) is 13.1 Å². The van der Waals surface area contributed by atoms with Gasteiger partial charge in [-0.3, -0.25) is 0 Å². The lowest BCUT2D eigenvalue weighted by Gasteiger charge is -2.09. The average Bonchev–Trinajstić information content (AvgIpc) is 3.31. The fourth-order valence-corrected chi connectivity index (χ4v) is 3.60. The van der Waals surface area contributed by atoms with Gasteiger partial charge in [-0.1, -0.05) is 0 Å². The Kier molecular flexibility index (Phi) is 8.97. The molecule has 0 amide bonds. The van der Waals surface area contributed by atoms with Gasteiger partial charge in [-0.25, -0.2) is 9.98 Å². The van der Waals surface area contributed by atoms with E-state index in [1.165, 1.54) is 15.3 Å². The van der Waals surface area contributed by atoms with Crippen LogP contribution in [-0.4, -0.2) is 24.6 Å². The summed E-state index contributed by atoms with van der Waals surface area (Å²) in [7, 11) is 1.68. The molecular formula is C21H27IN4O2S. The first-order valence-electron chi connectivity index (χ1n) is 9.27. The van der Waals surface area contributed by atoms with Gasteiger partial charge in [-0.2, -0.15) is 0 Å². The van der Waals surface area contributed by atoms with Crippen molar-refractivity contribution in [2.24, 2.45) is 4.99 Å². The lowest BCUT2D eigenvalue weighted by atomic mass is 10.2. The Balaban J connectivity index is 0.00000300. The number of hydrogen-bond donors (Lipinski definition) is 2. The second-order valence-corrected chi connectivity index (χ2v) is 7.46. The first kappa shape index (κ1) is 23.2. The summed E-state index contributed by atoms with van der Waals surface area (Å²) in [5.41, 5.74) is 2.10. The Labute approximate surface area is 192 Å². The summed E-state index contributed by atoms with van der Waals surface area (Å²) < 4.78 is 10.8. The summed E-state index contributed by atoms with van der Waals surface area (Å²) in [6.07, 6.45) is 0. The van der Waals surface area contributed by atoms with Gasteiger partial charge in [0.2, 0.25) is 5.89 Å². The minimum atomic E-state index is 0. The average molecular weight is 526 g/mol. The summed E-state index contributed by atoms with van der Waals surface area (Å²) in [5, 5.41) is 6.63. The molecule has 0 aliphatic heterocycles. The molecule has 2 N–H and O–H groups in total. The van der Waals surface area contributed by atoms with E-state index in [4.69, 9.17) is 9.15 Å². The van der Waals surface area contributed by atoms with Gasteiger partial charge in [0.15, 0.2) is 5.96 Å². The topological polar surface area (TPSA) is 71.7 Å². The second-order valence-electron chi connectivity index (χ2n) is 6.29. The number of ether oxygens (including phenoxy) is 1. The molecule has 29 heavy (non-hydrogen) atoms. The predicted octanol–water partition coefficient (Wildman–Crippen LogP) is 4.90. The van der Waals surface area contributed by atoms with Crippen LogP contribution in [0.15, 0.2) is 45.8 Å². The fourth-order valence-electron chi connectivity index (χ4n) is 2.65. The maximum Gasteiger partial charge on any atom is 0.216 e. The molecule has 0 fully saturated rings. The van der Waals surface area contributed by atoms with Crippen molar-refractivity contribution in [2.45, 2.75) is 33.9 Å². The Morgan fingerprint density at radius 1 is 1.14 bits per heavy atom. The Hall–Kier alpha value is -2.07. The van der Waals surface area contributed by atoms with Crippen LogP contribution >= 0.6 is 35.3 Å². The van der Waals surface area contributed by atoms with Crippen molar-refractivity contribution >= 4 is 41.3 Å². The smallest absolute Gasteiger partial charge is 0.216 e. The van der Waals surface area contributed by atoms with Crippen LogP contribution in [0.25, 0.3) is 10.4 Å². The van der Waals surface area contributed by atoms with Gasteiger partial charge in [0.25, 0.3) is 0 Å². The Morgan fingerprint density at radius 3 is 2.52 bits per heavy atom. The van der Waals surface area contributed by atoms with Gasteiger partial charge in [-0.15, -0.1) is 35.3 Å². The van der Waals surface area contributed by atoms with E-state index in [9.17, 15) is 0 Å². The number of thiophene rings is 1. The number of aromatic nitrogens is 1. The van der Waals surface area contributed by atoms with E-state index in [1.807, 2.05) is 32.9 Å². The molecule has 0 saturated carbocycles. The third-order valence-corrected chi connectivity index (χ3v) is 5.39. The minimum absolute atomic E-state index is 0. The van der Waals surface area contributed by atoms with E-state index < -0.39 is 0 Å². The molecule has 0 bridgehead atoms. The third-order valence-electron chi connectivity index (χ3n) is 4.26. The predicted molar refractivity (Wildman–Crippen MR) is 129 cm³/mol. The van der Waals surface area contributed by atoms with Gasteiger partial charge in [0.05, 0.1) is 19.3 Å². The second kappa shape index (κ2) is 11.2. The van der Waals surface area contributed by atoms with Crippen molar-refractivity contribution in [3.8, 4) is 16.2 Å². The Morgan fingerprint density at radius 2 is 1.90 bits per heavy atom. The van der Waals surface area contributed by atoms with E-state index in [0.717, 1.165) is 29.7 Å². The van der Waals surface area contributed by atoms with Crippen molar-refractivity contribution in [1.82, 2.24) is 15.6 Å². The van der Waals surface area contributed by atoms with E-state index in [2.05, 4.69) is 44.9 Å². The van der Waals surface area contributed by atoms with E-state index in [1.54, 1.807) is 18.4 Å². The number of nitrogens with zero attached hydrogens (tertiary/aromatic N) is 2. The molecule has 6 nitrogen and oxygen atoms in total. The maximum absolute atomic E-state index is 5.59. The molecule has 0 saturated heterocycles. The molecule has 3 aromatic rings. The van der Waals surface area contributed by atoms with Crippen LogP contribution in [0.2, 0.25) is 0 Å². The molecule has 8 heteroatoms. The highest BCUT2D eigenvalue weighted by atomic mass is 127. The van der Waals surface area contributed by atoms with Crippen LogP contribution in [0, 0.1) is 13.8 Å². The lowest BCUT2D eigenvalue weighted by molar-refractivity contribution is 0.415. The zero-order valence-electron chi connectivity index (χ0n) is 17.1. The number of oxazole rings is 1. The normalized spacial score (nSPS) is 11.1. The number of benzene rings is 1. The molecule has 3 rings (SSSR count). The first-order valence-corrected chi connectivity index (χ1v) is 10.1. The van der Waals surface area contributed by atoms with Crippen LogP contribution < -0.4 is 15.4 Å². The quantitative estimate of drug-likeness (QED) is 0.260. The van der Waals surface area contributed by atoms with Crippen LogP contribution in [0.1, 0.15) is 29.1 Å². The minimum Gasteiger partial charge on any atom is -0.497 e. The molecule has 0 spiro atoms. The molecule has 2 aromatic heterocycles. The fraction of sp³-hybridized carbons (Fsp3) is 0.333. The molecule has 156 valence electrons. The van der Waals surface area contributed by atoms with Crippen molar-refractivity contribution < 1.29 is 9.15 Å².